The van der Waals surface area contributed by atoms with Crippen LogP contribution in [-0.4, -0.2) is 81.2 Å². The van der Waals surface area contributed by atoms with Gasteiger partial charge in [-0.1, -0.05) is 0 Å². The van der Waals surface area contributed by atoms with Crippen LogP contribution in [0.2, 0.25) is 0 Å². The van der Waals surface area contributed by atoms with Crippen molar-refractivity contribution in [2.45, 2.75) is 12.8 Å². The second-order valence-corrected chi connectivity index (χ2v) is 6.79. The molecule has 1 fully saturated rings. The highest BCUT2D eigenvalue weighted by Gasteiger charge is 2.30. The molecule has 0 unspecified atom stereocenters. The zero-order chi connectivity index (χ0) is 15.3. The Morgan fingerprint density at radius 3 is 2.10 bits per heavy atom. The van der Waals surface area contributed by atoms with Crippen LogP contribution in [0.15, 0.2) is 0 Å². The smallest absolute Gasteiger partial charge is 0.306 e. The molecule has 1 saturated heterocycles. The van der Waals surface area contributed by atoms with Crippen LogP contribution < -0.4 is 0 Å². The van der Waals surface area contributed by atoms with Gasteiger partial charge in [-0.15, -0.1) is 0 Å². The highest BCUT2D eigenvalue weighted by atomic mass is 32.2. The Hall–Kier alpha value is -1.19. The van der Waals surface area contributed by atoms with Crippen LogP contribution in [-0.2, 0) is 24.5 Å². The van der Waals surface area contributed by atoms with Gasteiger partial charge in [0.2, 0.25) is 5.91 Å². The molecule has 1 rings (SSSR count). The molecule has 0 spiro atoms. The molecule has 0 bridgehead atoms. The van der Waals surface area contributed by atoms with Crippen LogP contribution in [0.1, 0.15) is 12.8 Å². The molecule has 116 valence electrons. The second kappa shape index (κ2) is 7.00. The molecule has 0 aromatic carbocycles. The number of carbonyl (C=O) groups is 2. The number of methoxy groups -OCH3 is 1. The summed E-state index contributed by atoms with van der Waals surface area (Å²) in [5.41, 5.74) is 0. The fraction of sp³-hybridized carbons (Fsp3) is 0.818. The van der Waals surface area contributed by atoms with Gasteiger partial charge in [0, 0.05) is 46.7 Å². The van der Waals surface area contributed by atoms with E-state index in [9.17, 15) is 18.0 Å². The van der Waals surface area contributed by atoms with Gasteiger partial charge in [0.1, 0.15) is 0 Å². The van der Waals surface area contributed by atoms with Gasteiger partial charge < -0.3 is 9.64 Å². The molecule has 0 aromatic heterocycles. The van der Waals surface area contributed by atoms with Crippen LogP contribution in [0.25, 0.3) is 0 Å². The summed E-state index contributed by atoms with van der Waals surface area (Å²) in [5.74, 6) is -0.579. The van der Waals surface area contributed by atoms with Gasteiger partial charge in [-0.05, 0) is 0 Å². The minimum atomic E-state index is -3.42. The fourth-order valence-electron chi connectivity index (χ4n) is 1.87. The predicted molar refractivity (Wildman–Crippen MR) is 72.0 cm³/mol. The summed E-state index contributed by atoms with van der Waals surface area (Å²) in [5, 5.41) is 0. The van der Waals surface area contributed by atoms with Crippen molar-refractivity contribution < 1.29 is 22.7 Å². The van der Waals surface area contributed by atoms with Gasteiger partial charge >= 0.3 is 5.97 Å². The van der Waals surface area contributed by atoms with Gasteiger partial charge in [-0.3, -0.25) is 9.59 Å². The first-order valence-electron chi connectivity index (χ1n) is 6.31. The van der Waals surface area contributed by atoms with Crippen LogP contribution in [0.4, 0.5) is 0 Å². The minimum absolute atomic E-state index is 0.0472. The molecule has 0 atom stereocenters. The van der Waals surface area contributed by atoms with Crippen LogP contribution in [0, 0.1) is 0 Å². The van der Waals surface area contributed by atoms with Crippen molar-refractivity contribution in [2.75, 3.05) is 47.4 Å². The molecule has 9 heteroatoms. The van der Waals surface area contributed by atoms with Crippen molar-refractivity contribution in [3.8, 4) is 0 Å². The van der Waals surface area contributed by atoms with E-state index < -0.39 is 16.2 Å². The normalized spacial score (nSPS) is 17.3. The summed E-state index contributed by atoms with van der Waals surface area (Å²) in [6.45, 7) is 1.22. The second-order valence-electron chi connectivity index (χ2n) is 4.65. The first kappa shape index (κ1) is 16.9. The number of ether oxygens (including phenoxy) is 1. The molecule has 1 heterocycles. The van der Waals surface area contributed by atoms with Crippen molar-refractivity contribution in [2.24, 2.45) is 0 Å². The Balaban J connectivity index is 2.46. The Bertz CT molecular complexity index is 455. The summed E-state index contributed by atoms with van der Waals surface area (Å²) in [7, 11) is 0.802. The maximum Gasteiger partial charge on any atom is 0.306 e. The highest BCUT2D eigenvalue weighted by Crippen LogP contribution is 2.11. The third-order valence-corrected chi connectivity index (χ3v) is 5.09. The number of carbonyl (C=O) groups excluding carboxylic acids is 2. The number of hydrogen-bond acceptors (Lipinski definition) is 5. The zero-order valence-electron chi connectivity index (χ0n) is 12.0. The van der Waals surface area contributed by atoms with Gasteiger partial charge in [0.05, 0.1) is 13.5 Å². The average molecular weight is 307 g/mol. The minimum Gasteiger partial charge on any atom is -0.469 e. The summed E-state index contributed by atoms with van der Waals surface area (Å²) < 4.78 is 30.8. The van der Waals surface area contributed by atoms with Gasteiger partial charge in [-0.2, -0.15) is 17.0 Å². The molecule has 0 N–H and O–H groups in total. The van der Waals surface area contributed by atoms with Crippen LogP contribution in [0.5, 0.6) is 0 Å². The van der Waals surface area contributed by atoms with E-state index in [4.69, 9.17) is 0 Å². The quantitative estimate of drug-likeness (QED) is 0.601. The van der Waals surface area contributed by atoms with Gasteiger partial charge in [-0.25, -0.2) is 0 Å². The van der Waals surface area contributed by atoms with Crippen molar-refractivity contribution in [3.63, 3.8) is 0 Å². The lowest BCUT2D eigenvalue weighted by atomic mass is 10.2. The summed E-state index contributed by atoms with van der Waals surface area (Å²) >= 11 is 0. The number of piperazine rings is 1. The molecular weight excluding hydrogens is 286 g/mol. The number of hydrogen-bond donors (Lipinski definition) is 0. The molecular formula is C11H21N3O5S. The largest absolute Gasteiger partial charge is 0.469 e. The lowest BCUT2D eigenvalue weighted by Gasteiger charge is -2.35. The average Bonchev–Trinajstić information content (AvgIpc) is 2.44. The number of nitrogens with zero attached hydrogens (tertiary/aromatic N) is 3. The topological polar surface area (TPSA) is 87.2 Å². The molecule has 8 nitrogen and oxygen atoms in total. The molecule has 0 radical (unpaired) electrons. The third-order valence-electron chi connectivity index (χ3n) is 3.15. The Morgan fingerprint density at radius 1 is 1.10 bits per heavy atom. The molecule has 1 aliphatic heterocycles. The Labute approximate surface area is 119 Å². The summed E-state index contributed by atoms with van der Waals surface area (Å²) in [6.07, 6.45) is 0.138. The van der Waals surface area contributed by atoms with Crippen molar-refractivity contribution >= 4 is 22.1 Å². The van der Waals surface area contributed by atoms with E-state index in [-0.39, 0.29) is 31.8 Å². The zero-order valence-corrected chi connectivity index (χ0v) is 12.9. The van der Waals surface area contributed by atoms with E-state index in [0.29, 0.717) is 13.1 Å². The van der Waals surface area contributed by atoms with E-state index in [1.165, 1.54) is 25.5 Å². The number of rotatable bonds is 5. The molecule has 1 amide bonds. The van der Waals surface area contributed by atoms with Crippen molar-refractivity contribution in [1.29, 1.82) is 0 Å². The molecule has 0 saturated carbocycles. The number of amides is 1. The van der Waals surface area contributed by atoms with E-state index >= 15 is 0 Å². The number of esters is 1. The standard InChI is InChI=1S/C11H21N3O5S/c1-12(2)20(17,18)14-8-6-13(7-9-14)10(15)4-5-11(16)19-3/h4-9H2,1-3H3. The molecule has 0 aromatic rings. The van der Waals surface area contributed by atoms with Crippen LogP contribution >= 0.6 is 0 Å². The summed E-state index contributed by atoms with van der Waals surface area (Å²) in [6, 6.07) is 0. The van der Waals surface area contributed by atoms with E-state index in [1.807, 2.05) is 0 Å². The Kier molecular flexibility index (Phi) is 5.90. The van der Waals surface area contributed by atoms with E-state index in [0.717, 1.165) is 4.31 Å². The first-order chi connectivity index (χ1) is 9.28. The fourth-order valence-corrected chi connectivity index (χ4v) is 2.95. The van der Waals surface area contributed by atoms with E-state index in [1.54, 1.807) is 4.90 Å². The molecule has 20 heavy (non-hydrogen) atoms. The maximum atomic E-state index is 11.9. The summed E-state index contributed by atoms with van der Waals surface area (Å²) in [4.78, 5) is 24.4. The first-order valence-corrected chi connectivity index (χ1v) is 7.71. The van der Waals surface area contributed by atoms with Crippen molar-refractivity contribution in [1.82, 2.24) is 13.5 Å². The molecule has 0 aliphatic carbocycles. The lowest BCUT2D eigenvalue weighted by molar-refractivity contribution is -0.143. The Morgan fingerprint density at radius 2 is 1.65 bits per heavy atom. The monoisotopic (exact) mass is 307 g/mol. The molecule has 1 aliphatic rings. The van der Waals surface area contributed by atoms with Crippen LogP contribution in [0.3, 0.4) is 0 Å². The van der Waals surface area contributed by atoms with E-state index in [2.05, 4.69) is 4.74 Å². The van der Waals surface area contributed by atoms with Gasteiger partial charge in [0.25, 0.3) is 10.2 Å². The highest BCUT2D eigenvalue weighted by molar-refractivity contribution is 7.86. The maximum absolute atomic E-state index is 11.9. The lowest BCUT2D eigenvalue weighted by Crippen LogP contribution is -2.53. The third kappa shape index (κ3) is 4.15. The van der Waals surface area contributed by atoms with Crippen molar-refractivity contribution in [3.05, 3.63) is 0 Å². The predicted octanol–water partition coefficient (Wildman–Crippen LogP) is -1.11. The van der Waals surface area contributed by atoms with Gasteiger partial charge in [0.15, 0.2) is 0 Å². The SMILES string of the molecule is COC(=O)CCC(=O)N1CCN(S(=O)(=O)N(C)C)CC1.